The topological polar surface area (TPSA) is 101 Å². The molecule has 7 heteroatoms. The van der Waals surface area contributed by atoms with Crippen LogP contribution in [0.3, 0.4) is 0 Å². The Balaban J connectivity index is 1.97. The Kier molecular flexibility index (Phi) is 3.43. The number of amides is 1. The zero-order chi connectivity index (χ0) is 13.3. The molecule has 1 heterocycles. The van der Waals surface area contributed by atoms with Gasteiger partial charge in [-0.15, -0.1) is 0 Å². The second kappa shape index (κ2) is 4.72. The lowest BCUT2D eigenvalue weighted by Crippen LogP contribution is -2.41. The third-order valence-electron chi connectivity index (χ3n) is 3.43. The van der Waals surface area contributed by atoms with Gasteiger partial charge in [0, 0.05) is 5.41 Å². The van der Waals surface area contributed by atoms with E-state index in [1.807, 2.05) is 0 Å². The van der Waals surface area contributed by atoms with Gasteiger partial charge in [-0.3, -0.25) is 9.59 Å². The number of sulfone groups is 1. The van der Waals surface area contributed by atoms with Crippen LogP contribution in [0.25, 0.3) is 0 Å². The number of rotatable bonds is 3. The van der Waals surface area contributed by atoms with Gasteiger partial charge < -0.3 is 10.4 Å². The van der Waals surface area contributed by atoms with Gasteiger partial charge in [0.25, 0.3) is 0 Å². The lowest BCUT2D eigenvalue weighted by Gasteiger charge is -2.17. The molecular weight excluding hydrogens is 258 g/mol. The zero-order valence-electron chi connectivity index (χ0n) is 9.70. The van der Waals surface area contributed by atoms with E-state index in [9.17, 15) is 18.0 Å². The van der Waals surface area contributed by atoms with Crippen molar-refractivity contribution in [3.8, 4) is 0 Å². The smallest absolute Gasteiger partial charge is 0.307 e. The predicted octanol–water partition coefficient (Wildman–Crippen LogP) is -0.0858. The Morgan fingerprint density at radius 1 is 1.22 bits per heavy atom. The monoisotopic (exact) mass is 273 g/mol. The van der Waals surface area contributed by atoms with Crippen LogP contribution in [-0.4, -0.2) is 37.2 Å². The molecule has 2 rings (SSSR count). The minimum Gasteiger partial charge on any atom is -0.481 e. The van der Waals surface area contributed by atoms with Crippen LogP contribution >= 0.6 is 0 Å². The van der Waals surface area contributed by atoms with Crippen molar-refractivity contribution in [2.45, 2.75) is 25.3 Å². The quantitative estimate of drug-likeness (QED) is 0.748. The van der Waals surface area contributed by atoms with E-state index in [4.69, 9.17) is 5.11 Å². The van der Waals surface area contributed by atoms with E-state index in [0.717, 1.165) is 5.41 Å². The first kappa shape index (κ1) is 13.1. The molecule has 0 spiro atoms. The molecule has 1 aliphatic carbocycles. The lowest BCUT2D eigenvalue weighted by atomic mass is 9.95. The van der Waals surface area contributed by atoms with Crippen molar-refractivity contribution < 1.29 is 23.1 Å². The van der Waals surface area contributed by atoms with Gasteiger partial charge in [-0.1, -0.05) is 6.42 Å². The molecule has 100 valence electrons. The highest BCUT2D eigenvalue weighted by atomic mass is 32.2. The SMILES string of the molecule is O=C(O)C1CCCC1C(=O)NC1C=CS(=O)(=O)C1. The van der Waals surface area contributed by atoms with Gasteiger partial charge >= 0.3 is 5.97 Å². The highest BCUT2D eigenvalue weighted by Crippen LogP contribution is 2.32. The maximum Gasteiger partial charge on any atom is 0.307 e. The van der Waals surface area contributed by atoms with Gasteiger partial charge in [-0.05, 0) is 18.9 Å². The average Bonchev–Trinajstić information content (AvgIpc) is 2.84. The van der Waals surface area contributed by atoms with E-state index in [0.29, 0.717) is 19.3 Å². The molecule has 2 N–H and O–H groups in total. The Labute approximate surface area is 105 Å². The van der Waals surface area contributed by atoms with E-state index in [1.54, 1.807) is 0 Å². The summed E-state index contributed by atoms with van der Waals surface area (Å²) in [4.78, 5) is 22.9. The van der Waals surface area contributed by atoms with Gasteiger partial charge in [0.15, 0.2) is 9.84 Å². The summed E-state index contributed by atoms with van der Waals surface area (Å²) in [5.74, 6) is -2.64. The largest absolute Gasteiger partial charge is 0.481 e. The molecule has 6 nitrogen and oxygen atoms in total. The number of hydrogen-bond donors (Lipinski definition) is 2. The fourth-order valence-electron chi connectivity index (χ4n) is 2.52. The summed E-state index contributed by atoms with van der Waals surface area (Å²) in [6.45, 7) is 0. The number of carbonyl (C=O) groups excluding carboxylic acids is 1. The predicted molar refractivity (Wildman–Crippen MR) is 63.3 cm³/mol. The molecule has 0 saturated heterocycles. The van der Waals surface area contributed by atoms with Gasteiger partial charge in [0.1, 0.15) is 0 Å². The van der Waals surface area contributed by atoms with Crippen molar-refractivity contribution in [1.29, 1.82) is 0 Å². The van der Waals surface area contributed by atoms with Gasteiger partial charge in [-0.25, -0.2) is 8.42 Å². The standard InChI is InChI=1S/C11H15NO5S/c13-10(8-2-1-3-9(8)11(14)15)12-7-4-5-18(16,17)6-7/h4-5,7-9H,1-3,6H2,(H,12,13)(H,14,15). The second-order valence-electron chi connectivity index (χ2n) is 4.76. The van der Waals surface area contributed by atoms with Crippen molar-refractivity contribution in [2.24, 2.45) is 11.8 Å². The number of carbonyl (C=O) groups is 2. The van der Waals surface area contributed by atoms with E-state index in [1.165, 1.54) is 6.08 Å². The number of hydrogen-bond acceptors (Lipinski definition) is 4. The van der Waals surface area contributed by atoms with Crippen molar-refractivity contribution in [2.75, 3.05) is 5.75 Å². The van der Waals surface area contributed by atoms with Gasteiger partial charge in [0.05, 0.1) is 23.6 Å². The molecule has 2 aliphatic rings. The van der Waals surface area contributed by atoms with E-state index < -0.39 is 33.7 Å². The first-order chi connectivity index (χ1) is 8.39. The molecule has 18 heavy (non-hydrogen) atoms. The minimum atomic E-state index is -3.21. The molecule has 1 saturated carbocycles. The van der Waals surface area contributed by atoms with Crippen molar-refractivity contribution >= 4 is 21.7 Å². The Bertz CT molecular complexity index is 496. The highest BCUT2D eigenvalue weighted by molar-refractivity contribution is 7.94. The number of aliphatic carboxylic acids is 1. The molecule has 0 aromatic carbocycles. The molecule has 0 radical (unpaired) electrons. The zero-order valence-corrected chi connectivity index (χ0v) is 10.5. The normalized spacial score (nSPS) is 33.4. The number of nitrogens with one attached hydrogen (secondary N) is 1. The Morgan fingerprint density at radius 3 is 2.44 bits per heavy atom. The van der Waals surface area contributed by atoms with Crippen LogP contribution in [0.15, 0.2) is 11.5 Å². The minimum absolute atomic E-state index is 0.136. The van der Waals surface area contributed by atoms with Crippen LogP contribution in [0.4, 0.5) is 0 Å². The summed E-state index contributed by atoms with van der Waals surface area (Å²) < 4.78 is 22.4. The third-order valence-corrected chi connectivity index (χ3v) is 4.82. The summed E-state index contributed by atoms with van der Waals surface area (Å²) in [5.41, 5.74) is 0. The van der Waals surface area contributed by atoms with Crippen LogP contribution < -0.4 is 5.32 Å². The lowest BCUT2D eigenvalue weighted by molar-refractivity contribution is -0.146. The maximum atomic E-state index is 11.9. The third kappa shape index (κ3) is 2.72. The molecule has 0 aromatic rings. The molecule has 1 aliphatic heterocycles. The fraction of sp³-hybridized carbons (Fsp3) is 0.636. The molecule has 0 bridgehead atoms. The summed E-state index contributed by atoms with van der Waals surface area (Å²) in [5, 5.41) is 12.7. The number of carboxylic acids is 1. The van der Waals surface area contributed by atoms with Crippen LogP contribution in [0.1, 0.15) is 19.3 Å². The van der Waals surface area contributed by atoms with Crippen LogP contribution in [0, 0.1) is 11.8 Å². The Morgan fingerprint density at radius 2 is 1.89 bits per heavy atom. The van der Waals surface area contributed by atoms with Crippen LogP contribution in [0.2, 0.25) is 0 Å². The molecule has 3 unspecified atom stereocenters. The summed E-state index contributed by atoms with van der Waals surface area (Å²) in [7, 11) is -3.21. The first-order valence-corrected chi connectivity index (χ1v) is 7.55. The van der Waals surface area contributed by atoms with Crippen molar-refractivity contribution in [3.05, 3.63) is 11.5 Å². The first-order valence-electron chi connectivity index (χ1n) is 5.83. The van der Waals surface area contributed by atoms with Crippen molar-refractivity contribution in [3.63, 3.8) is 0 Å². The maximum absolute atomic E-state index is 11.9. The molecular formula is C11H15NO5S. The van der Waals surface area contributed by atoms with E-state index in [-0.39, 0.29) is 11.7 Å². The molecule has 1 amide bonds. The molecule has 1 fully saturated rings. The molecule has 0 aromatic heterocycles. The summed E-state index contributed by atoms with van der Waals surface area (Å²) >= 11 is 0. The van der Waals surface area contributed by atoms with Gasteiger partial charge in [-0.2, -0.15) is 0 Å². The second-order valence-corrected chi connectivity index (χ2v) is 6.69. The van der Waals surface area contributed by atoms with E-state index in [2.05, 4.69) is 5.32 Å². The van der Waals surface area contributed by atoms with Gasteiger partial charge in [0.2, 0.25) is 5.91 Å². The number of carboxylic acid groups (broad SMARTS) is 1. The summed E-state index contributed by atoms with van der Waals surface area (Å²) in [6.07, 6.45) is 3.20. The van der Waals surface area contributed by atoms with Crippen LogP contribution in [0.5, 0.6) is 0 Å². The Hall–Kier alpha value is -1.37. The average molecular weight is 273 g/mol. The van der Waals surface area contributed by atoms with Crippen molar-refractivity contribution in [1.82, 2.24) is 5.32 Å². The molecule has 3 atom stereocenters. The van der Waals surface area contributed by atoms with Crippen LogP contribution in [-0.2, 0) is 19.4 Å². The highest BCUT2D eigenvalue weighted by Gasteiger charge is 2.38. The van der Waals surface area contributed by atoms with E-state index >= 15 is 0 Å². The summed E-state index contributed by atoms with van der Waals surface area (Å²) in [6, 6.07) is -0.530. The fourth-order valence-corrected chi connectivity index (χ4v) is 3.76.